The average molecular weight is 218 g/mol. The van der Waals surface area contributed by atoms with Crippen LogP contribution in [0.15, 0.2) is 61.2 Å². The molecule has 2 aromatic carbocycles. The van der Waals surface area contributed by atoms with Gasteiger partial charge in [-0.05, 0) is 40.3 Å². The van der Waals surface area contributed by atoms with Crippen molar-refractivity contribution >= 4 is 5.57 Å². The third-order valence-electron chi connectivity index (χ3n) is 3.33. The largest absolute Gasteiger partial charge is 0.0990 e. The molecular weight excluding hydrogens is 204 g/mol. The average Bonchev–Trinajstić information content (AvgIpc) is 2.67. The second kappa shape index (κ2) is 3.74. The molecule has 0 fully saturated rings. The molecule has 0 saturated carbocycles. The smallest absolute Gasteiger partial charge is 0.00697 e. The van der Waals surface area contributed by atoms with E-state index in [0.29, 0.717) is 0 Å². The molecule has 82 valence electrons. The Kier molecular flexibility index (Phi) is 2.22. The minimum atomic E-state index is 1.30. The SMILES string of the molecule is C=CC=C1c2ccccc2-c2cccc(C)c21. The lowest BCUT2D eigenvalue weighted by atomic mass is 9.99. The van der Waals surface area contributed by atoms with Crippen molar-refractivity contribution in [2.75, 3.05) is 0 Å². The molecule has 0 unspecified atom stereocenters. The van der Waals surface area contributed by atoms with Crippen molar-refractivity contribution in [1.82, 2.24) is 0 Å². The van der Waals surface area contributed by atoms with E-state index in [1.165, 1.54) is 33.4 Å². The Bertz CT molecular complexity index is 630. The van der Waals surface area contributed by atoms with Gasteiger partial charge in [0.2, 0.25) is 0 Å². The van der Waals surface area contributed by atoms with E-state index in [1.54, 1.807) is 0 Å². The summed E-state index contributed by atoms with van der Waals surface area (Å²) in [6.07, 6.45) is 3.98. The summed E-state index contributed by atoms with van der Waals surface area (Å²) in [5.41, 5.74) is 7.97. The van der Waals surface area contributed by atoms with Crippen LogP contribution < -0.4 is 0 Å². The van der Waals surface area contributed by atoms with Crippen molar-refractivity contribution in [3.05, 3.63) is 77.9 Å². The number of fused-ring (bicyclic) bond motifs is 3. The first-order chi connectivity index (χ1) is 8.33. The third-order valence-corrected chi connectivity index (χ3v) is 3.33. The Balaban J connectivity index is 2.42. The molecule has 1 aliphatic carbocycles. The molecule has 1 aliphatic rings. The van der Waals surface area contributed by atoms with Gasteiger partial charge in [-0.3, -0.25) is 0 Å². The van der Waals surface area contributed by atoms with E-state index >= 15 is 0 Å². The summed E-state index contributed by atoms with van der Waals surface area (Å²) in [5.74, 6) is 0. The van der Waals surface area contributed by atoms with Gasteiger partial charge in [-0.15, -0.1) is 0 Å². The van der Waals surface area contributed by atoms with Crippen molar-refractivity contribution in [2.24, 2.45) is 0 Å². The lowest BCUT2D eigenvalue weighted by molar-refractivity contribution is 1.44. The first-order valence-electron chi connectivity index (χ1n) is 5.85. The molecule has 0 heteroatoms. The summed E-state index contributed by atoms with van der Waals surface area (Å²) < 4.78 is 0. The van der Waals surface area contributed by atoms with Gasteiger partial charge >= 0.3 is 0 Å². The predicted octanol–water partition coefficient (Wildman–Crippen LogP) is 4.59. The van der Waals surface area contributed by atoms with Crippen molar-refractivity contribution in [3.63, 3.8) is 0 Å². The summed E-state index contributed by atoms with van der Waals surface area (Å²) in [4.78, 5) is 0. The van der Waals surface area contributed by atoms with Gasteiger partial charge in [-0.25, -0.2) is 0 Å². The number of benzene rings is 2. The minimum absolute atomic E-state index is 1.30. The summed E-state index contributed by atoms with van der Waals surface area (Å²) in [7, 11) is 0. The third kappa shape index (κ3) is 1.38. The summed E-state index contributed by atoms with van der Waals surface area (Å²) in [6, 6.07) is 15.1. The van der Waals surface area contributed by atoms with E-state index in [4.69, 9.17) is 0 Å². The molecule has 0 saturated heterocycles. The maximum Gasteiger partial charge on any atom is -0.00697 e. The van der Waals surface area contributed by atoms with Crippen LogP contribution in [0.3, 0.4) is 0 Å². The van der Waals surface area contributed by atoms with E-state index in [0.717, 1.165) is 0 Å². The molecule has 0 radical (unpaired) electrons. The standard InChI is InChI=1S/C17H14/c1-3-7-15-13-9-4-5-10-14(13)16-11-6-8-12(2)17(15)16/h3-11H,1H2,2H3. The second-order valence-electron chi connectivity index (χ2n) is 4.36. The zero-order valence-electron chi connectivity index (χ0n) is 9.90. The fourth-order valence-corrected chi connectivity index (χ4v) is 2.63. The maximum atomic E-state index is 3.82. The Morgan fingerprint density at radius 1 is 0.882 bits per heavy atom. The highest BCUT2D eigenvalue weighted by molar-refractivity contribution is 6.02. The predicted molar refractivity (Wildman–Crippen MR) is 73.9 cm³/mol. The topological polar surface area (TPSA) is 0 Å². The summed E-state index contributed by atoms with van der Waals surface area (Å²) in [6.45, 7) is 5.99. The van der Waals surface area contributed by atoms with Gasteiger partial charge in [0.15, 0.2) is 0 Å². The first-order valence-corrected chi connectivity index (χ1v) is 5.85. The Hall–Kier alpha value is -2.08. The number of hydrogen-bond donors (Lipinski definition) is 0. The molecule has 2 aromatic rings. The van der Waals surface area contributed by atoms with Crippen LogP contribution in [0.5, 0.6) is 0 Å². The van der Waals surface area contributed by atoms with Gasteiger partial charge in [0.1, 0.15) is 0 Å². The van der Waals surface area contributed by atoms with Crippen LogP contribution in [0.1, 0.15) is 16.7 Å². The van der Waals surface area contributed by atoms with Crippen LogP contribution in [0.4, 0.5) is 0 Å². The lowest BCUT2D eigenvalue weighted by Gasteiger charge is -2.05. The van der Waals surface area contributed by atoms with Gasteiger partial charge in [0.25, 0.3) is 0 Å². The quantitative estimate of drug-likeness (QED) is 0.560. The molecule has 3 rings (SSSR count). The van der Waals surface area contributed by atoms with E-state index in [9.17, 15) is 0 Å². The maximum absolute atomic E-state index is 3.82. The van der Waals surface area contributed by atoms with Crippen molar-refractivity contribution in [3.8, 4) is 11.1 Å². The molecular formula is C17H14. The zero-order valence-corrected chi connectivity index (χ0v) is 9.90. The molecule has 0 N–H and O–H groups in total. The molecule has 0 spiro atoms. The normalized spacial score (nSPS) is 14.5. The highest BCUT2D eigenvalue weighted by Gasteiger charge is 2.23. The second-order valence-corrected chi connectivity index (χ2v) is 4.36. The highest BCUT2D eigenvalue weighted by Crippen LogP contribution is 2.45. The fourth-order valence-electron chi connectivity index (χ4n) is 2.63. The number of hydrogen-bond acceptors (Lipinski definition) is 0. The Labute approximate surface area is 102 Å². The van der Waals surface area contributed by atoms with Crippen molar-refractivity contribution < 1.29 is 0 Å². The zero-order chi connectivity index (χ0) is 11.8. The lowest BCUT2D eigenvalue weighted by Crippen LogP contribution is -1.85. The van der Waals surface area contributed by atoms with Crippen LogP contribution >= 0.6 is 0 Å². The number of aryl methyl sites for hydroxylation is 1. The minimum Gasteiger partial charge on any atom is -0.0990 e. The van der Waals surface area contributed by atoms with E-state index in [2.05, 4.69) is 62.0 Å². The molecule has 0 aromatic heterocycles. The van der Waals surface area contributed by atoms with Gasteiger partial charge in [-0.2, -0.15) is 0 Å². The van der Waals surface area contributed by atoms with Crippen molar-refractivity contribution in [1.29, 1.82) is 0 Å². The van der Waals surface area contributed by atoms with Crippen molar-refractivity contribution in [2.45, 2.75) is 6.92 Å². The van der Waals surface area contributed by atoms with Gasteiger partial charge in [-0.1, -0.05) is 61.2 Å². The Morgan fingerprint density at radius 3 is 2.35 bits per heavy atom. The van der Waals surface area contributed by atoms with Gasteiger partial charge in [0, 0.05) is 0 Å². The molecule has 17 heavy (non-hydrogen) atoms. The van der Waals surface area contributed by atoms with Gasteiger partial charge in [0.05, 0.1) is 0 Å². The first kappa shape index (κ1) is 10.1. The van der Waals surface area contributed by atoms with Crippen LogP contribution in [-0.2, 0) is 0 Å². The van der Waals surface area contributed by atoms with E-state index < -0.39 is 0 Å². The summed E-state index contributed by atoms with van der Waals surface area (Å²) >= 11 is 0. The van der Waals surface area contributed by atoms with Gasteiger partial charge < -0.3 is 0 Å². The Morgan fingerprint density at radius 2 is 1.59 bits per heavy atom. The van der Waals surface area contributed by atoms with E-state index in [-0.39, 0.29) is 0 Å². The fraction of sp³-hybridized carbons (Fsp3) is 0.0588. The number of allylic oxidation sites excluding steroid dienone is 2. The van der Waals surface area contributed by atoms with E-state index in [1.807, 2.05) is 6.08 Å². The molecule has 0 heterocycles. The van der Waals surface area contributed by atoms with Crippen LogP contribution in [0, 0.1) is 6.92 Å². The molecule has 0 nitrogen and oxygen atoms in total. The monoisotopic (exact) mass is 218 g/mol. The molecule has 0 atom stereocenters. The molecule has 0 amide bonds. The van der Waals surface area contributed by atoms with Crippen LogP contribution in [-0.4, -0.2) is 0 Å². The number of rotatable bonds is 1. The molecule has 0 bridgehead atoms. The highest BCUT2D eigenvalue weighted by atomic mass is 14.3. The van der Waals surface area contributed by atoms with Crippen LogP contribution in [0.25, 0.3) is 16.7 Å². The summed E-state index contributed by atoms with van der Waals surface area (Å²) in [5, 5.41) is 0. The van der Waals surface area contributed by atoms with Crippen LogP contribution in [0.2, 0.25) is 0 Å². The molecule has 0 aliphatic heterocycles.